The van der Waals surface area contributed by atoms with Gasteiger partial charge in [-0.15, -0.1) is 0 Å². The van der Waals surface area contributed by atoms with Crippen molar-refractivity contribution >= 4 is 22.7 Å². The molecule has 0 unspecified atom stereocenters. The highest BCUT2D eigenvalue weighted by molar-refractivity contribution is 5.89. The Hall–Kier alpha value is -2.17. The fourth-order valence-electron chi connectivity index (χ4n) is 1.91. The standard InChI is InChI=1S/C14H17N3O2/c1-2-10-5-6-12-11(8-10)14(17-9-16-12)15-7-3-4-13(18)19/h5-6,8-9H,2-4,7H2,1H3,(H,18,19)(H,15,16,17). The van der Waals surface area contributed by atoms with Crippen LogP contribution in [0.2, 0.25) is 0 Å². The number of carbonyl (C=O) groups is 1. The van der Waals surface area contributed by atoms with Crippen molar-refractivity contribution in [2.24, 2.45) is 0 Å². The summed E-state index contributed by atoms with van der Waals surface area (Å²) < 4.78 is 0. The zero-order valence-corrected chi connectivity index (χ0v) is 10.9. The maximum atomic E-state index is 10.5. The smallest absolute Gasteiger partial charge is 0.303 e. The summed E-state index contributed by atoms with van der Waals surface area (Å²) in [5, 5.41) is 12.8. The number of aromatic nitrogens is 2. The van der Waals surface area contributed by atoms with Gasteiger partial charge in [0.05, 0.1) is 5.52 Å². The van der Waals surface area contributed by atoms with Crippen molar-refractivity contribution in [3.8, 4) is 0 Å². The van der Waals surface area contributed by atoms with Gasteiger partial charge in [-0.25, -0.2) is 9.97 Å². The molecule has 1 aromatic heterocycles. The highest BCUT2D eigenvalue weighted by Gasteiger charge is 2.04. The number of hydrogen-bond acceptors (Lipinski definition) is 4. The van der Waals surface area contributed by atoms with Crippen LogP contribution in [0.4, 0.5) is 5.82 Å². The van der Waals surface area contributed by atoms with Crippen molar-refractivity contribution in [2.75, 3.05) is 11.9 Å². The molecule has 0 amide bonds. The predicted molar refractivity (Wildman–Crippen MR) is 74.3 cm³/mol. The summed E-state index contributed by atoms with van der Waals surface area (Å²) in [6, 6.07) is 6.12. The van der Waals surface area contributed by atoms with Gasteiger partial charge in [-0.3, -0.25) is 4.79 Å². The number of carboxylic acid groups (broad SMARTS) is 1. The summed E-state index contributed by atoms with van der Waals surface area (Å²) >= 11 is 0. The van der Waals surface area contributed by atoms with E-state index in [0.717, 1.165) is 23.1 Å². The molecule has 0 bridgehead atoms. The first-order valence-corrected chi connectivity index (χ1v) is 6.40. The number of benzene rings is 1. The summed E-state index contributed by atoms with van der Waals surface area (Å²) in [7, 11) is 0. The first-order chi connectivity index (χ1) is 9.20. The highest BCUT2D eigenvalue weighted by atomic mass is 16.4. The van der Waals surface area contributed by atoms with Crippen LogP contribution >= 0.6 is 0 Å². The van der Waals surface area contributed by atoms with Crippen LogP contribution in [-0.2, 0) is 11.2 Å². The van der Waals surface area contributed by atoms with E-state index in [2.05, 4.69) is 34.3 Å². The summed E-state index contributed by atoms with van der Waals surface area (Å²) in [4.78, 5) is 18.9. The van der Waals surface area contributed by atoms with E-state index >= 15 is 0 Å². The average Bonchev–Trinajstić information content (AvgIpc) is 2.43. The molecule has 0 aliphatic heterocycles. The van der Waals surface area contributed by atoms with Gasteiger partial charge in [0.25, 0.3) is 0 Å². The lowest BCUT2D eigenvalue weighted by Gasteiger charge is -2.08. The van der Waals surface area contributed by atoms with Crippen LogP contribution in [-0.4, -0.2) is 27.6 Å². The summed E-state index contributed by atoms with van der Waals surface area (Å²) in [6.45, 7) is 2.69. The molecule has 0 radical (unpaired) electrons. The normalized spacial score (nSPS) is 10.6. The van der Waals surface area contributed by atoms with E-state index in [-0.39, 0.29) is 6.42 Å². The molecule has 5 nitrogen and oxygen atoms in total. The lowest BCUT2D eigenvalue weighted by atomic mass is 10.1. The Labute approximate surface area is 111 Å². The van der Waals surface area contributed by atoms with Crippen molar-refractivity contribution in [3.63, 3.8) is 0 Å². The first kappa shape index (κ1) is 13.3. The predicted octanol–water partition coefficient (Wildman–Crippen LogP) is 2.47. The van der Waals surface area contributed by atoms with Gasteiger partial charge < -0.3 is 10.4 Å². The van der Waals surface area contributed by atoms with E-state index < -0.39 is 5.97 Å². The number of fused-ring (bicyclic) bond motifs is 1. The minimum atomic E-state index is -0.775. The monoisotopic (exact) mass is 259 g/mol. The van der Waals surface area contributed by atoms with Crippen LogP contribution in [0.15, 0.2) is 24.5 Å². The second kappa shape index (κ2) is 6.13. The molecule has 2 aromatic rings. The lowest BCUT2D eigenvalue weighted by Crippen LogP contribution is -2.06. The molecule has 0 aliphatic carbocycles. The van der Waals surface area contributed by atoms with Crippen LogP contribution in [0.3, 0.4) is 0 Å². The van der Waals surface area contributed by atoms with E-state index in [1.165, 1.54) is 11.9 Å². The van der Waals surface area contributed by atoms with Crippen molar-refractivity contribution in [3.05, 3.63) is 30.1 Å². The Morgan fingerprint density at radius 1 is 1.37 bits per heavy atom. The Balaban J connectivity index is 2.15. The van der Waals surface area contributed by atoms with Crippen molar-refractivity contribution in [1.82, 2.24) is 9.97 Å². The molecule has 0 spiro atoms. The van der Waals surface area contributed by atoms with Gasteiger partial charge >= 0.3 is 5.97 Å². The molecule has 0 saturated carbocycles. The fraction of sp³-hybridized carbons (Fsp3) is 0.357. The summed E-state index contributed by atoms with van der Waals surface area (Å²) in [6.07, 6.45) is 3.22. The number of carboxylic acids is 1. The quantitative estimate of drug-likeness (QED) is 0.779. The summed E-state index contributed by atoms with van der Waals surface area (Å²) in [5.74, 6) is -0.00620. The number of nitrogens with zero attached hydrogens (tertiary/aromatic N) is 2. The zero-order valence-electron chi connectivity index (χ0n) is 10.9. The molecule has 2 rings (SSSR count). The average molecular weight is 259 g/mol. The third kappa shape index (κ3) is 3.40. The fourth-order valence-corrected chi connectivity index (χ4v) is 1.91. The highest BCUT2D eigenvalue weighted by Crippen LogP contribution is 2.20. The molecule has 0 fully saturated rings. The Morgan fingerprint density at radius 2 is 2.21 bits per heavy atom. The van der Waals surface area contributed by atoms with Crippen molar-refractivity contribution in [2.45, 2.75) is 26.2 Å². The molecule has 5 heteroatoms. The van der Waals surface area contributed by atoms with Gasteiger partial charge in [-0.05, 0) is 30.5 Å². The maximum absolute atomic E-state index is 10.5. The van der Waals surface area contributed by atoms with Gasteiger partial charge in [0.15, 0.2) is 0 Å². The maximum Gasteiger partial charge on any atom is 0.303 e. The second-order valence-corrected chi connectivity index (χ2v) is 4.35. The Kier molecular flexibility index (Phi) is 4.28. The van der Waals surface area contributed by atoms with Gasteiger partial charge in [0.2, 0.25) is 0 Å². The van der Waals surface area contributed by atoms with E-state index in [0.29, 0.717) is 13.0 Å². The molecular formula is C14H17N3O2. The number of rotatable bonds is 6. The number of aryl methyl sites for hydroxylation is 1. The van der Waals surface area contributed by atoms with E-state index in [1.807, 2.05) is 6.07 Å². The van der Waals surface area contributed by atoms with Crippen molar-refractivity contribution < 1.29 is 9.90 Å². The minimum Gasteiger partial charge on any atom is -0.481 e. The van der Waals surface area contributed by atoms with Crippen LogP contribution in [0.5, 0.6) is 0 Å². The molecule has 0 atom stereocenters. The van der Waals surface area contributed by atoms with Crippen molar-refractivity contribution in [1.29, 1.82) is 0 Å². The van der Waals surface area contributed by atoms with Gasteiger partial charge in [0.1, 0.15) is 12.1 Å². The molecule has 0 saturated heterocycles. The number of anilines is 1. The zero-order chi connectivity index (χ0) is 13.7. The molecular weight excluding hydrogens is 242 g/mol. The lowest BCUT2D eigenvalue weighted by molar-refractivity contribution is -0.137. The SMILES string of the molecule is CCc1ccc2ncnc(NCCCC(=O)O)c2c1. The topological polar surface area (TPSA) is 75.1 Å². The molecule has 0 aliphatic rings. The van der Waals surface area contributed by atoms with Gasteiger partial charge in [0, 0.05) is 18.4 Å². The van der Waals surface area contributed by atoms with E-state index in [1.54, 1.807) is 0 Å². The number of nitrogens with one attached hydrogen (secondary N) is 1. The second-order valence-electron chi connectivity index (χ2n) is 4.35. The van der Waals surface area contributed by atoms with Gasteiger partial charge in [-0.2, -0.15) is 0 Å². The Bertz CT molecular complexity index is 584. The third-order valence-corrected chi connectivity index (χ3v) is 2.97. The molecule has 19 heavy (non-hydrogen) atoms. The molecule has 1 heterocycles. The molecule has 1 aromatic carbocycles. The van der Waals surface area contributed by atoms with E-state index in [9.17, 15) is 4.79 Å². The number of hydrogen-bond donors (Lipinski definition) is 2. The van der Waals surface area contributed by atoms with Crippen LogP contribution in [0.25, 0.3) is 10.9 Å². The number of aliphatic carboxylic acids is 1. The first-order valence-electron chi connectivity index (χ1n) is 6.40. The van der Waals surface area contributed by atoms with Crippen LogP contribution in [0, 0.1) is 0 Å². The van der Waals surface area contributed by atoms with Crippen LogP contribution < -0.4 is 5.32 Å². The third-order valence-electron chi connectivity index (χ3n) is 2.97. The largest absolute Gasteiger partial charge is 0.481 e. The van der Waals surface area contributed by atoms with Crippen LogP contribution in [0.1, 0.15) is 25.3 Å². The Morgan fingerprint density at radius 3 is 2.95 bits per heavy atom. The van der Waals surface area contributed by atoms with E-state index in [4.69, 9.17) is 5.11 Å². The van der Waals surface area contributed by atoms with Gasteiger partial charge in [-0.1, -0.05) is 13.0 Å². The molecule has 100 valence electrons. The minimum absolute atomic E-state index is 0.163. The molecule has 2 N–H and O–H groups in total. The summed E-state index contributed by atoms with van der Waals surface area (Å²) in [5.41, 5.74) is 2.13.